The van der Waals surface area contributed by atoms with Gasteiger partial charge in [0.25, 0.3) is 5.24 Å². The van der Waals surface area contributed by atoms with Crippen molar-refractivity contribution < 1.29 is 14.4 Å². The van der Waals surface area contributed by atoms with Gasteiger partial charge in [-0.2, -0.15) is 0 Å². The number of rotatable bonds is 5. The van der Waals surface area contributed by atoms with Gasteiger partial charge in [-0.25, -0.2) is 4.98 Å². The van der Waals surface area contributed by atoms with Crippen molar-refractivity contribution in [1.29, 1.82) is 0 Å². The molecule has 6 nitrogen and oxygen atoms in total. The number of thiazole rings is 1. The number of nitrogens with zero attached hydrogens (tertiary/aromatic N) is 1. The predicted octanol–water partition coefficient (Wildman–Crippen LogP) is 3.72. The van der Waals surface area contributed by atoms with Crippen LogP contribution in [0.4, 0.5) is 9.93 Å². The third-order valence-corrected chi connectivity index (χ3v) is 5.93. The van der Waals surface area contributed by atoms with E-state index in [1.807, 2.05) is 6.07 Å². The van der Waals surface area contributed by atoms with Crippen LogP contribution < -0.4 is 10.6 Å². The van der Waals surface area contributed by atoms with E-state index in [-0.39, 0.29) is 12.3 Å². The van der Waals surface area contributed by atoms with Gasteiger partial charge in [-0.15, -0.1) is 11.3 Å². The molecule has 1 unspecified atom stereocenters. The van der Waals surface area contributed by atoms with Gasteiger partial charge < -0.3 is 5.32 Å². The number of carbonyl (C=O) groups is 3. The molecule has 2 heterocycles. The van der Waals surface area contributed by atoms with Crippen LogP contribution in [0.3, 0.4) is 0 Å². The number of hydrogen-bond acceptors (Lipinski definition) is 6. The molecule has 1 aromatic carbocycles. The van der Waals surface area contributed by atoms with Crippen LogP contribution in [0.5, 0.6) is 0 Å². The minimum Gasteiger partial charge on any atom is -0.302 e. The number of benzene rings is 1. The summed E-state index contributed by atoms with van der Waals surface area (Å²) in [6.07, 6.45) is 2.20. The Labute approximate surface area is 161 Å². The minimum atomic E-state index is -0.692. The monoisotopic (exact) mass is 415 g/mol. The van der Waals surface area contributed by atoms with Crippen molar-refractivity contribution >= 4 is 68.5 Å². The molecular formula is C15H11Cl2N3O3S2. The van der Waals surface area contributed by atoms with Crippen LogP contribution in [0.1, 0.15) is 16.9 Å². The van der Waals surface area contributed by atoms with Crippen LogP contribution in [0.15, 0.2) is 24.4 Å². The lowest BCUT2D eigenvalue weighted by atomic mass is 10.1. The van der Waals surface area contributed by atoms with Crippen molar-refractivity contribution in [2.24, 2.45) is 0 Å². The average Bonchev–Trinajstić information content (AvgIpc) is 3.09. The third-order valence-electron chi connectivity index (χ3n) is 3.30. The van der Waals surface area contributed by atoms with Crippen LogP contribution in [0, 0.1) is 0 Å². The molecule has 1 fully saturated rings. The Morgan fingerprint density at radius 1 is 1.28 bits per heavy atom. The summed E-state index contributed by atoms with van der Waals surface area (Å²) in [5, 5.41) is 5.09. The lowest BCUT2D eigenvalue weighted by Gasteiger charge is -2.04. The molecule has 1 aliphatic rings. The molecule has 0 spiro atoms. The predicted molar refractivity (Wildman–Crippen MR) is 99.5 cm³/mol. The molecule has 0 saturated carbocycles. The van der Waals surface area contributed by atoms with E-state index in [0.29, 0.717) is 21.6 Å². The summed E-state index contributed by atoms with van der Waals surface area (Å²) in [5.74, 6) is -0.803. The molecule has 1 aromatic heterocycles. The van der Waals surface area contributed by atoms with Gasteiger partial charge in [0.1, 0.15) is 5.25 Å². The van der Waals surface area contributed by atoms with Crippen molar-refractivity contribution in [2.45, 2.75) is 18.1 Å². The summed E-state index contributed by atoms with van der Waals surface area (Å²) in [4.78, 5) is 39.6. The molecule has 0 aliphatic carbocycles. The van der Waals surface area contributed by atoms with E-state index in [4.69, 9.17) is 23.2 Å². The summed E-state index contributed by atoms with van der Waals surface area (Å²) >= 11 is 14.0. The van der Waals surface area contributed by atoms with Crippen LogP contribution in [0.25, 0.3) is 0 Å². The van der Waals surface area contributed by atoms with Gasteiger partial charge in [-0.3, -0.25) is 19.7 Å². The zero-order valence-corrected chi connectivity index (χ0v) is 15.7. The molecule has 10 heteroatoms. The van der Waals surface area contributed by atoms with Gasteiger partial charge in [0.2, 0.25) is 11.8 Å². The fourth-order valence-corrected chi connectivity index (χ4v) is 4.17. The van der Waals surface area contributed by atoms with E-state index in [2.05, 4.69) is 15.6 Å². The molecule has 0 bridgehead atoms. The topological polar surface area (TPSA) is 88.2 Å². The minimum absolute atomic E-state index is 0.0794. The number of aromatic nitrogens is 1. The van der Waals surface area contributed by atoms with Crippen molar-refractivity contribution in [3.05, 3.63) is 44.9 Å². The van der Waals surface area contributed by atoms with Crippen LogP contribution in [0.2, 0.25) is 10.0 Å². The molecule has 3 amide bonds. The second-order valence-electron chi connectivity index (χ2n) is 5.19. The Morgan fingerprint density at radius 3 is 2.76 bits per heavy atom. The summed E-state index contributed by atoms with van der Waals surface area (Å²) < 4.78 is 0. The first-order chi connectivity index (χ1) is 11.9. The first kappa shape index (κ1) is 18.2. The maximum absolute atomic E-state index is 12.0. The zero-order chi connectivity index (χ0) is 18.0. The molecule has 1 atom stereocenters. The Kier molecular flexibility index (Phi) is 5.63. The van der Waals surface area contributed by atoms with Crippen molar-refractivity contribution in [2.75, 3.05) is 5.32 Å². The smallest absolute Gasteiger partial charge is 0.286 e. The number of anilines is 1. The number of nitrogens with one attached hydrogen (secondary N) is 2. The first-order valence-electron chi connectivity index (χ1n) is 7.10. The number of halogens is 2. The third kappa shape index (κ3) is 4.72. The number of carbonyl (C=O) groups excluding carboxylic acids is 3. The molecule has 2 aromatic rings. The van der Waals surface area contributed by atoms with Gasteiger partial charge in [-0.1, -0.05) is 41.0 Å². The Balaban J connectivity index is 1.57. The van der Waals surface area contributed by atoms with Gasteiger partial charge in [-0.05, 0) is 17.7 Å². The lowest BCUT2D eigenvalue weighted by Crippen LogP contribution is -2.27. The molecule has 130 valence electrons. The van der Waals surface area contributed by atoms with Gasteiger partial charge >= 0.3 is 0 Å². The fourth-order valence-electron chi connectivity index (χ4n) is 2.16. The largest absolute Gasteiger partial charge is 0.302 e. The van der Waals surface area contributed by atoms with Crippen LogP contribution in [-0.2, 0) is 16.0 Å². The second kappa shape index (κ2) is 7.74. The summed E-state index contributed by atoms with van der Waals surface area (Å²) in [6.45, 7) is 0. The Bertz CT molecular complexity index is 856. The van der Waals surface area contributed by atoms with Gasteiger partial charge in [0.15, 0.2) is 5.13 Å². The number of amides is 3. The summed E-state index contributed by atoms with van der Waals surface area (Å²) in [5.41, 5.74) is 0.980. The highest BCUT2D eigenvalue weighted by molar-refractivity contribution is 8.15. The standard InChI is InChI=1S/C15H11Cl2N3O3S2/c16-9-2-1-7(4-10(9)17)3-8-6-18-14(24-8)19-12(21)5-11-13(22)20-15(23)25-11/h1-2,4,6,11H,3,5H2,(H,18,19,21)(H,20,22,23). The SMILES string of the molecule is O=C(CC1SC(=O)NC1=O)Nc1ncc(Cc2ccc(Cl)c(Cl)c2)s1. The van der Waals surface area contributed by atoms with E-state index < -0.39 is 16.4 Å². The number of thioether (sulfide) groups is 1. The number of imide groups is 1. The quantitative estimate of drug-likeness (QED) is 0.776. The molecule has 1 aliphatic heterocycles. The highest BCUT2D eigenvalue weighted by Crippen LogP contribution is 2.27. The Hall–Kier alpha value is -1.61. The molecular weight excluding hydrogens is 405 g/mol. The van der Waals surface area contributed by atoms with Crippen molar-refractivity contribution in [3.63, 3.8) is 0 Å². The molecule has 25 heavy (non-hydrogen) atoms. The maximum Gasteiger partial charge on any atom is 0.286 e. The Morgan fingerprint density at radius 2 is 2.08 bits per heavy atom. The first-order valence-corrected chi connectivity index (χ1v) is 9.56. The molecule has 2 N–H and O–H groups in total. The summed E-state index contributed by atoms with van der Waals surface area (Å²) in [6, 6.07) is 5.39. The van der Waals surface area contributed by atoms with Crippen molar-refractivity contribution in [3.8, 4) is 0 Å². The average molecular weight is 416 g/mol. The van der Waals surface area contributed by atoms with Crippen molar-refractivity contribution in [1.82, 2.24) is 10.3 Å². The lowest BCUT2D eigenvalue weighted by molar-refractivity contribution is -0.122. The molecule has 3 rings (SSSR count). The summed E-state index contributed by atoms with van der Waals surface area (Å²) in [7, 11) is 0. The zero-order valence-electron chi connectivity index (χ0n) is 12.5. The fraction of sp³-hybridized carbons (Fsp3) is 0.200. The normalized spacial score (nSPS) is 16.8. The molecule has 0 radical (unpaired) electrons. The highest BCUT2D eigenvalue weighted by atomic mass is 35.5. The van der Waals surface area contributed by atoms with Gasteiger partial charge in [0, 0.05) is 23.9 Å². The van der Waals surface area contributed by atoms with E-state index >= 15 is 0 Å². The number of hydrogen-bond donors (Lipinski definition) is 2. The maximum atomic E-state index is 12.0. The van der Waals surface area contributed by atoms with Crippen LogP contribution in [-0.4, -0.2) is 27.3 Å². The van der Waals surface area contributed by atoms with Gasteiger partial charge in [0.05, 0.1) is 10.0 Å². The van der Waals surface area contributed by atoms with E-state index in [1.165, 1.54) is 11.3 Å². The second-order valence-corrected chi connectivity index (χ2v) is 8.30. The van der Waals surface area contributed by atoms with Crippen LogP contribution >= 0.6 is 46.3 Å². The van der Waals surface area contributed by atoms with E-state index in [9.17, 15) is 14.4 Å². The van der Waals surface area contributed by atoms with E-state index in [0.717, 1.165) is 22.2 Å². The van der Waals surface area contributed by atoms with E-state index in [1.54, 1.807) is 18.3 Å². The molecule has 1 saturated heterocycles. The highest BCUT2D eigenvalue weighted by Gasteiger charge is 2.33.